The number of H-pyrrole nitrogens is 1. The number of benzene rings is 1. The maximum Gasteiger partial charge on any atom is 0.162 e. The fourth-order valence-electron chi connectivity index (χ4n) is 3.85. The Labute approximate surface area is 163 Å². The average molecular weight is 376 g/mol. The number of pyridine rings is 1. The zero-order valence-corrected chi connectivity index (χ0v) is 16.4. The summed E-state index contributed by atoms with van der Waals surface area (Å²) in [5.74, 6) is 1.46. The molecule has 0 amide bonds. The molecule has 6 nitrogen and oxygen atoms in total. The number of ether oxygens (including phenoxy) is 2. The first-order chi connectivity index (χ1) is 13.7. The minimum atomic E-state index is 0.683. The van der Waals surface area contributed by atoms with Gasteiger partial charge in [-0.15, -0.1) is 0 Å². The van der Waals surface area contributed by atoms with Crippen LogP contribution in [0.3, 0.4) is 0 Å². The molecule has 0 unspecified atom stereocenters. The van der Waals surface area contributed by atoms with Crippen LogP contribution in [0, 0.1) is 0 Å². The van der Waals surface area contributed by atoms with Crippen molar-refractivity contribution < 1.29 is 9.47 Å². The molecular formula is C22H24N4O2. The number of aryl methyl sites for hydroxylation is 1. The van der Waals surface area contributed by atoms with Crippen LogP contribution in [0.5, 0.6) is 11.5 Å². The molecular weight excluding hydrogens is 352 g/mol. The third-order valence-corrected chi connectivity index (χ3v) is 5.57. The van der Waals surface area contributed by atoms with Crippen molar-refractivity contribution in [1.82, 2.24) is 19.9 Å². The van der Waals surface area contributed by atoms with Crippen LogP contribution in [0.2, 0.25) is 0 Å². The first kappa shape index (κ1) is 17.1. The summed E-state index contributed by atoms with van der Waals surface area (Å²) in [6.45, 7) is 0.877. The molecule has 1 aromatic carbocycles. The van der Waals surface area contributed by atoms with Crippen molar-refractivity contribution >= 4 is 21.9 Å². The quantitative estimate of drug-likeness (QED) is 0.534. The van der Waals surface area contributed by atoms with E-state index >= 15 is 0 Å². The van der Waals surface area contributed by atoms with Crippen molar-refractivity contribution in [2.75, 3.05) is 14.2 Å². The van der Waals surface area contributed by atoms with Gasteiger partial charge in [0.05, 0.1) is 19.7 Å². The lowest BCUT2D eigenvalue weighted by molar-refractivity contribution is 0.355. The van der Waals surface area contributed by atoms with Crippen molar-refractivity contribution in [2.24, 2.45) is 7.05 Å². The van der Waals surface area contributed by atoms with Crippen LogP contribution in [0.25, 0.3) is 33.2 Å². The Morgan fingerprint density at radius 3 is 2.68 bits per heavy atom. The Morgan fingerprint density at radius 1 is 1.14 bits per heavy atom. The second-order valence-electron chi connectivity index (χ2n) is 7.45. The maximum atomic E-state index is 5.52. The zero-order valence-electron chi connectivity index (χ0n) is 16.4. The van der Waals surface area contributed by atoms with E-state index in [-0.39, 0.29) is 0 Å². The third-order valence-electron chi connectivity index (χ3n) is 5.57. The van der Waals surface area contributed by atoms with E-state index in [1.807, 2.05) is 25.4 Å². The molecule has 0 atom stereocenters. The highest BCUT2D eigenvalue weighted by molar-refractivity contribution is 5.99. The molecule has 0 saturated heterocycles. The number of methoxy groups -OCH3 is 2. The molecule has 144 valence electrons. The Balaban J connectivity index is 1.63. The topological polar surface area (TPSA) is 64.1 Å². The van der Waals surface area contributed by atoms with Crippen molar-refractivity contribution in [3.63, 3.8) is 0 Å². The standard InChI is InChI=1S/C22H24N4O2/c1-26-12-17(16-9-20(27-2)21(28-3)10-19(16)26)18-8-15-13(11-24-14-4-5-14)6-7-23-22(15)25-18/h6-10,12,14,24H,4-5,11H2,1-3H3,(H,23,25). The van der Waals surface area contributed by atoms with Gasteiger partial charge >= 0.3 is 0 Å². The molecule has 3 aromatic heterocycles. The van der Waals surface area contributed by atoms with Crippen molar-refractivity contribution in [3.8, 4) is 22.8 Å². The second-order valence-corrected chi connectivity index (χ2v) is 7.45. The van der Waals surface area contributed by atoms with E-state index in [9.17, 15) is 0 Å². The van der Waals surface area contributed by atoms with Gasteiger partial charge in [-0.05, 0) is 36.6 Å². The average Bonchev–Trinajstić information content (AvgIpc) is 3.35. The van der Waals surface area contributed by atoms with E-state index in [2.05, 4.69) is 38.2 Å². The van der Waals surface area contributed by atoms with Crippen molar-refractivity contribution in [2.45, 2.75) is 25.4 Å². The molecule has 4 aromatic rings. The Hall–Kier alpha value is -2.99. The SMILES string of the molecule is COc1cc2c(-c3cc4c(CNC5CC5)ccnc4[nH]3)cn(C)c2cc1OC. The van der Waals surface area contributed by atoms with Gasteiger partial charge in [0.15, 0.2) is 11.5 Å². The van der Waals surface area contributed by atoms with Gasteiger partial charge in [0.25, 0.3) is 0 Å². The molecule has 1 aliphatic rings. The Kier molecular flexibility index (Phi) is 4.02. The van der Waals surface area contributed by atoms with Crippen LogP contribution < -0.4 is 14.8 Å². The largest absolute Gasteiger partial charge is 0.493 e. The molecule has 1 saturated carbocycles. The zero-order chi connectivity index (χ0) is 19.3. The van der Waals surface area contributed by atoms with Crippen LogP contribution in [0.4, 0.5) is 0 Å². The van der Waals surface area contributed by atoms with E-state index < -0.39 is 0 Å². The summed E-state index contributed by atoms with van der Waals surface area (Å²) in [4.78, 5) is 8.05. The summed E-state index contributed by atoms with van der Waals surface area (Å²) in [5, 5.41) is 5.88. The fraction of sp³-hybridized carbons (Fsp3) is 0.318. The summed E-state index contributed by atoms with van der Waals surface area (Å²) >= 11 is 0. The number of aromatic amines is 1. The minimum absolute atomic E-state index is 0.683. The Bertz CT molecular complexity index is 1170. The van der Waals surface area contributed by atoms with Crippen LogP contribution in [-0.2, 0) is 13.6 Å². The molecule has 0 spiro atoms. The predicted octanol–water partition coefficient (Wildman–Crippen LogP) is 3.99. The number of aromatic nitrogens is 3. The molecule has 2 N–H and O–H groups in total. The molecule has 3 heterocycles. The van der Waals surface area contributed by atoms with Crippen LogP contribution >= 0.6 is 0 Å². The van der Waals surface area contributed by atoms with Crippen LogP contribution in [-0.4, -0.2) is 34.8 Å². The molecule has 6 heteroatoms. The fourth-order valence-corrected chi connectivity index (χ4v) is 3.85. The van der Waals surface area contributed by atoms with Gasteiger partial charge in [0, 0.05) is 60.1 Å². The Morgan fingerprint density at radius 2 is 1.93 bits per heavy atom. The number of hydrogen-bond acceptors (Lipinski definition) is 4. The molecule has 1 aliphatic carbocycles. The highest BCUT2D eigenvalue weighted by Gasteiger charge is 2.21. The lowest BCUT2D eigenvalue weighted by atomic mass is 10.1. The number of rotatable bonds is 6. The summed E-state index contributed by atoms with van der Waals surface area (Å²) in [6.07, 6.45) is 6.59. The van der Waals surface area contributed by atoms with E-state index in [1.165, 1.54) is 23.8 Å². The molecule has 0 aliphatic heterocycles. The number of hydrogen-bond donors (Lipinski definition) is 2. The van der Waals surface area contributed by atoms with Gasteiger partial charge in [-0.25, -0.2) is 4.98 Å². The van der Waals surface area contributed by atoms with Crippen molar-refractivity contribution in [3.05, 3.63) is 42.2 Å². The first-order valence-corrected chi connectivity index (χ1v) is 9.59. The van der Waals surface area contributed by atoms with Crippen molar-refractivity contribution in [1.29, 1.82) is 0 Å². The first-order valence-electron chi connectivity index (χ1n) is 9.59. The lowest BCUT2D eigenvalue weighted by Crippen LogP contribution is -2.15. The summed E-state index contributed by atoms with van der Waals surface area (Å²) in [7, 11) is 5.37. The number of fused-ring (bicyclic) bond motifs is 2. The smallest absolute Gasteiger partial charge is 0.162 e. The monoisotopic (exact) mass is 376 g/mol. The number of nitrogens with zero attached hydrogens (tertiary/aromatic N) is 2. The molecule has 0 bridgehead atoms. The normalized spacial score (nSPS) is 14.1. The van der Waals surface area contributed by atoms with Gasteiger partial charge in [0.2, 0.25) is 0 Å². The second kappa shape index (κ2) is 6.56. The summed E-state index contributed by atoms with van der Waals surface area (Å²) < 4.78 is 13.1. The molecule has 1 fully saturated rings. The van der Waals surface area contributed by atoms with E-state index in [1.54, 1.807) is 14.2 Å². The summed E-state index contributed by atoms with van der Waals surface area (Å²) in [5.41, 5.74) is 5.47. The third kappa shape index (κ3) is 2.81. The van der Waals surface area contributed by atoms with E-state index in [0.717, 1.165) is 45.9 Å². The van der Waals surface area contributed by atoms with E-state index in [0.29, 0.717) is 6.04 Å². The van der Waals surface area contributed by atoms with Crippen LogP contribution in [0.1, 0.15) is 18.4 Å². The van der Waals surface area contributed by atoms with Crippen LogP contribution in [0.15, 0.2) is 36.7 Å². The highest BCUT2D eigenvalue weighted by Crippen LogP contribution is 2.38. The maximum absolute atomic E-state index is 5.52. The lowest BCUT2D eigenvalue weighted by Gasteiger charge is -2.08. The van der Waals surface area contributed by atoms with Gasteiger partial charge in [0.1, 0.15) is 5.65 Å². The van der Waals surface area contributed by atoms with Gasteiger partial charge in [-0.1, -0.05) is 0 Å². The van der Waals surface area contributed by atoms with Gasteiger partial charge in [-0.2, -0.15) is 0 Å². The summed E-state index contributed by atoms with van der Waals surface area (Å²) in [6, 6.07) is 9.05. The van der Waals surface area contributed by atoms with Gasteiger partial charge in [-0.3, -0.25) is 0 Å². The van der Waals surface area contributed by atoms with E-state index in [4.69, 9.17) is 9.47 Å². The molecule has 0 radical (unpaired) electrons. The predicted molar refractivity (Wildman–Crippen MR) is 111 cm³/mol. The molecule has 5 rings (SSSR count). The number of nitrogens with one attached hydrogen (secondary N) is 2. The highest BCUT2D eigenvalue weighted by atomic mass is 16.5. The molecule has 28 heavy (non-hydrogen) atoms. The minimum Gasteiger partial charge on any atom is -0.493 e. The van der Waals surface area contributed by atoms with Gasteiger partial charge < -0.3 is 24.3 Å².